The van der Waals surface area contributed by atoms with Crippen LogP contribution in [-0.2, 0) is 17.9 Å². The first kappa shape index (κ1) is 24.0. The van der Waals surface area contributed by atoms with Gasteiger partial charge in [0.05, 0.1) is 34.0 Å². The summed E-state index contributed by atoms with van der Waals surface area (Å²) in [6.07, 6.45) is 0. The zero-order valence-corrected chi connectivity index (χ0v) is 19.1. The maximum atomic E-state index is 5.69. The molecule has 2 aromatic rings. The lowest BCUT2D eigenvalue weighted by molar-refractivity contribution is 0.125. The van der Waals surface area contributed by atoms with Crippen molar-refractivity contribution in [3.05, 3.63) is 59.7 Å². The molecule has 0 aromatic heterocycles. The van der Waals surface area contributed by atoms with Gasteiger partial charge in [0.1, 0.15) is 0 Å². The molecule has 0 amide bonds. The molecule has 0 bridgehead atoms. The van der Waals surface area contributed by atoms with Crippen molar-refractivity contribution in [2.75, 3.05) is 33.9 Å². The van der Waals surface area contributed by atoms with Crippen LogP contribution in [0, 0.1) is 0 Å². The van der Waals surface area contributed by atoms with Gasteiger partial charge in [-0.25, -0.2) is 4.99 Å². The lowest BCUT2D eigenvalue weighted by Gasteiger charge is -2.12. The van der Waals surface area contributed by atoms with E-state index in [4.69, 9.17) is 14.2 Å². The highest BCUT2D eigenvalue weighted by Gasteiger charge is 2.04. The summed E-state index contributed by atoms with van der Waals surface area (Å²) in [6.45, 7) is 5.28. The van der Waals surface area contributed by atoms with Crippen molar-refractivity contribution in [1.29, 1.82) is 0 Å². The highest BCUT2D eigenvalue weighted by Crippen LogP contribution is 2.27. The lowest BCUT2D eigenvalue weighted by atomic mass is 10.2. The molecule has 0 radical (unpaired) electrons. The van der Waals surface area contributed by atoms with E-state index in [0.717, 1.165) is 18.1 Å². The maximum Gasteiger partial charge on any atom is 0.191 e. The third-order valence-electron chi connectivity index (χ3n) is 3.86. The second-order valence-corrected chi connectivity index (χ2v) is 5.85. The fourth-order valence-electron chi connectivity index (χ4n) is 2.50. The van der Waals surface area contributed by atoms with Gasteiger partial charge in [0, 0.05) is 13.1 Å². The Morgan fingerprint density at radius 1 is 0.929 bits per heavy atom. The van der Waals surface area contributed by atoms with Gasteiger partial charge >= 0.3 is 0 Å². The van der Waals surface area contributed by atoms with Crippen LogP contribution < -0.4 is 20.1 Å². The summed E-state index contributed by atoms with van der Waals surface area (Å²) < 4.78 is 16.3. The standard InChI is InChI=1S/C21H29N3O3.HI/c1-4-22-21(23-12-13-27-16-17-8-6-5-7-9-17)24-15-18-10-11-19(25-2)20(14-18)26-3;/h5-11,14H,4,12-13,15-16H2,1-3H3,(H2,22,23,24);1H. The quantitative estimate of drug-likeness (QED) is 0.227. The molecule has 2 rings (SSSR count). The average molecular weight is 499 g/mol. The molecule has 28 heavy (non-hydrogen) atoms. The van der Waals surface area contributed by atoms with Crippen molar-refractivity contribution < 1.29 is 14.2 Å². The second-order valence-electron chi connectivity index (χ2n) is 5.85. The molecule has 0 aliphatic rings. The Balaban J connectivity index is 0.00000392. The van der Waals surface area contributed by atoms with Crippen molar-refractivity contribution in [2.24, 2.45) is 4.99 Å². The molecule has 0 unspecified atom stereocenters. The Labute approximate surface area is 184 Å². The van der Waals surface area contributed by atoms with Gasteiger partial charge < -0.3 is 24.8 Å². The van der Waals surface area contributed by atoms with E-state index in [1.165, 1.54) is 5.56 Å². The number of rotatable bonds is 10. The van der Waals surface area contributed by atoms with Gasteiger partial charge in [-0.3, -0.25) is 0 Å². The van der Waals surface area contributed by atoms with E-state index in [2.05, 4.69) is 27.8 Å². The van der Waals surface area contributed by atoms with Crippen LogP contribution in [0.1, 0.15) is 18.1 Å². The molecule has 0 atom stereocenters. The van der Waals surface area contributed by atoms with Gasteiger partial charge in [-0.15, -0.1) is 24.0 Å². The van der Waals surface area contributed by atoms with Crippen LogP contribution in [0.4, 0.5) is 0 Å². The Kier molecular flexibility index (Phi) is 12.1. The van der Waals surface area contributed by atoms with E-state index < -0.39 is 0 Å². The molecule has 0 saturated heterocycles. The number of halogens is 1. The van der Waals surface area contributed by atoms with Crippen LogP contribution in [0.25, 0.3) is 0 Å². The Bertz CT molecular complexity index is 711. The van der Waals surface area contributed by atoms with E-state index >= 15 is 0 Å². The van der Waals surface area contributed by atoms with Crippen molar-refractivity contribution in [3.63, 3.8) is 0 Å². The summed E-state index contributed by atoms with van der Waals surface area (Å²) in [5, 5.41) is 6.53. The van der Waals surface area contributed by atoms with Gasteiger partial charge in [0.2, 0.25) is 0 Å². The normalized spacial score (nSPS) is 10.8. The molecule has 0 aliphatic heterocycles. The summed E-state index contributed by atoms with van der Waals surface area (Å²) in [7, 11) is 3.26. The molecule has 0 aliphatic carbocycles. The van der Waals surface area contributed by atoms with Crippen LogP contribution in [0.15, 0.2) is 53.5 Å². The number of guanidine groups is 1. The summed E-state index contributed by atoms with van der Waals surface area (Å²) >= 11 is 0. The van der Waals surface area contributed by atoms with E-state index in [1.807, 2.05) is 43.3 Å². The smallest absolute Gasteiger partial charge is 0.191 e. The number of hydrogen-bond donors (Lipinski definition) is 2. The average Bonchev–Trinajstić information content (AvgIpc) is 2.72. The summed E-state index contributed by atoms with van der Waals surface area (Å²) in [5.74, 6) is 2.18. The van der Waals surface area contributed by atoms with E-state index in [9.17, 15) is 0 Å². The van der Waals surface area contributed by atoms with E-state index in [1.54, 1.807) is 14.2 Å². The first-order valence-corrected chi connectivity index (χ1v) is 9.11. The van der Waals surface area contributed by atoms with Crippen molar-refractivity contribution >= 4 is 29.9 Å². The molecule has 6 nitrogen and oxygen atoms in total. The number of nitrogens with one attached hydrogen (secondary N) is 2. The molecule has 0 fully saturated rings. The second kappa shape index (κ2) is 14.1. The number of nitrogens with zero attached hydrogens (tertiary/aromatic N) is 1. The van der Waals surface area contributed by atoms with Crippen LogP contribution in [0.3, 0.4) is 0 Å². The molecular weight excluding hydrogens is 469 g/mol. The zero-order valence-electron chi connectivity index (χ0n) is 16.7. The van der Waals surface area contributed by atoms with E-state index in [0.29, 0.717) is 37.8 Å². The fraction of sp³-hybridized carbons (Fsp3) is 0.381. The van der Waals surface area contributed by atoms with Crippen molar-refractivity contribution in [1.82, 2.24) is 10.6 Å². The van der Waals surface area contributed by atoms with Gasteiger partial charge in [-0.1, -0.05) is 36.4 Å². The highest BCUT2D eigenvalue weighted by molar-refractivity contribution is 14.0. The van der Waals surface area contributed by atoms with Crippen molar-refractivity contribution in [3.8, 4) is 11.5 Å². The first-order chi connectivity index (χ1) is 13.3. The number of hydrogen-bond acceptors (Lipinski definition) is 4. The van der Waals surface area contributed by atoms with Crippen LogP contribution >= 0.6 is 24.0 Å². The first-order valence-electron chi connectivity index (χ1n) is 9.11. The predicted molar refractivity (Wildman–Crippen MR) is 124 cm³/mol. The fourth-order valence-corrected chi connectivity index (χ4v) is 2.50. The van der Waals surface area contributed by atoms with Gasteiger partial charge in [0.25, 0.3) is 0 Å². The molecule has 0 spiro atoms. The monoisotopic (exact) mass is 499 g/mol. The molecule has 0 heterocycles. The van der Waals surface area contributed by atoms with E-state index in [-0.39, 0.29) is 24.0 Å². The summed E-state index contributed by atoms with van der Waals surface area (Å²) in [4.78, 5) is 4.61. The van der Waals surface area contributed by atoms with Gasteiger partial charge in [-0.05, 0) is 30.2 Å². The largest absolute Gasteiger partial charge is 0.493 e. The Morgan fingerprint density at radius 3 is 2.36 bits per heavy atom. The molecular formula is C21H30IN3O3. The molecule has 7 heteroatoms. The minimum absolute atomic E-state index is 0. The third-order valence-corrected chi connectivity index (χ3v) is 3.86. The molecule has 2 aromatic carbocycles. The number of ether oxygens (including phenoxy) is 3. The Hall–Kier alpha value is -2.00. The molecule has 0 saturated carbocycles. The Morgan fingerprint density at radius 2 is 1.68 bits per heavy atom. The van der Waals surface area contributed by atoms with Crippen LogP contribution in [-0.4, -0.2) is 39.9 Å². The minimum atomic E-state index is 0. The summed E-state index contributed by atoms with van der Waals surface area (Å²) in [6, 6.07) is 16.0. The highest BCUT2D eigenvalue weighted by atomic mass is 127. The SMILES string of the molecule is CCNC(=NCc1ccc(OC)c(OC)c1)NCCOCc1ccccc1.I. The van der Waals surface area contributed by atoms with Crippen LogP contribution in [0.5, 0.6) is 11.5 Å². The predicted octanol–water partition coefficient (Wildman–Crippen LogP) is 3.59. The zero-order chi connectivity index (χ0) is 19.3. The molecule has 154 valence electrons. The summed E-state index contributed by atoms with van der Waals surface area (Å²) in [5.41, 5.74) is 2.22. The number of aliphatic imine (C=N–C) groups is 1. The number of methoxy groups -OCH3 is 2. The van der Waals surface area contributed by atoms with Gasteiger partial charge in [-0.2, -0.15) is 0 Å². The lowest BCUT2D eigenvalue weighted by Crippen LogP contribution is -2.38. The van der Waals surface area contributed by atoms with Crippen LogP contribution in [0.2, 0.25) is 0 Å². The number of benzene rings is 2. The van der Waals surface area contributed by atoms with Crippen molar-refractivity contribution in [2.45, 2.75) is 20.1 Å². The third kappa shape index (κ3) is 8.35. The minimum Gasteiger partial charge on any atom is -0.493 e. The molecule has 2 N–H and O–H groups in total. The van der Waals surface area contributed by atoms with Gasteiger partial charge in [0.15, 0.2) is 17.5 Å². The topological polar surface area (TPSA) is 64.1 Å². The maximum absolute atomic E-state index is 5.69.